The Morgan fingerprint density at radius 2 is 2.28 bits per heavy atom. The van der Waals surface area contributed by atoms with Gasteiger partial charge in [0.05, 0.1) is 11.7 Å². The number of hydrogen-bond donors (Lipinski definition) is 2. The Balaban J connectivity index is 1.94. The van der Waals surface area contributed by atoms with Crippen LogP contribution in [-0.4, -0.2) is 17.6 Å². The highest BCUT2D eigenvalue weighted by Crippen LogP contribution is 2.21. The molecule has 0 saturated heterocycles. The minimum absolute atomic E-state index is 0.119. The summed E-state index contributed by atoms with van der Waals surface area (Å²) >= 11 is 3.14. The van der Waals surface area contributed by atoms with Crippen LogP contribution >= 0.6 is 22.7 Å². The number of amides is 1. The molecule has 0 aliphatic rings. The van der Waals surface area contributed by atoms with Crippen molar-refractivity contribution in [3.8, 4) is 0 Å². The molecule has 96 valence electrons. The molecule has 2 heterocycles. The molecule has 3 nitrogen and oxygen atoms in total. The number of nitrogens with one attached hydrogen (secondary N) is 1. The topological polar surface area (TPSA) is 49.3 Å². The highest BCUT2D eigenvalue weighted by molar-refractivity contribution is 7.12. The third-order valence-electron chi connectivity index (χ3n) is 2.67. The fourth-order valence-corrected chi connectivity index (χ4v) is 3.35. The van der Waals surface area contributed by atoms with Crippen molar-refractivity contribution in [3.63, 3.8) is 0 Å². The molecule has 0 aromatic carbocycles. The van der Waals surface area contributed by atoms with Gasteiger partial charge in [0.15, 0.2) is 0 Å². The van der Waals surface area contributed by atoms with Crippen molar-refractivity contribution in [2.24, 2.45) is 0 Å². The number of hydrogen-bond acceptors (Lipinski definition) is 4. The van der Waals surface area contributed by atoms with Crippen LogP contribution in [-0.2, 0) is 0 Å². The molecule has 2 aromatic rings. The molecule has 0 aliphatic heterocycles. The van der Waals surface area contributed by atoms with Crippen molar-refractivity contribution in [2.75, 3.05) is 6.54 Å². The molecule has 18 heavy (non-hydrogen) atoms. The molecule has 0 radical (unpaired) electrons. The highest BCUT2D eigenvalue weighted by atomic mass is 32.1. The number of carbonyl (C=O) groups is 1. The molecule has 1 amide bonds. The summed E-state index contributed by atoms with van der Waals surface area (Å²) in [6, 6.07) is 3.74. The van der Waals surface area contributed by atoms with Crippen LogP contribution in [0.25, 0.3) is 0 Å². The molecule has 1 unspecified atom stereocenters. The van der Waals surface area contributed by atoms with E-state index in [-0.39, 0.29) is 12.5 Å². The maximum absolute atomic E-state index is 11.9. The first kappa shape index (κ1) is 13.3. The molecule has 5 heteroatoms. The summed E-state index contributed by atoms with van der Waals surface area (Å²) in [4.78, 5) is 14.1. The summed E-state index contributed by atoms with van der Waals surface area (Å²) in [7, 11) is 0. The molecule has 2 rings (SSSR count). The zero-order chi connectivity index (χ0) is 13.1. The van der Waals surface area contributed by atoms with E-state index in [0.717, 1.165) is 15.3 Å². The smallest absolute Gasteiger partial charge is 0.252 e. The Labute approximate surface area is 114 Å². The van der Waals surface area contributed by atoms with Gasteiger partial charge in [-0.2, -0.15) is 11.3 Å². The molecule has 0 fully saturated rings. The fraction of sp³-hybridized carbons (Fsp3) is 0.308. The summed E-state index contributed by atoms with van der Waals surface area (Å²) < 4.78 is 0. The number of aryl methyl sites for hydroxylation is 2. The van der Waals surface area contributed by atoms with Crippen molar-refractivity contribution in [1.29, 1.82) is 0 Å². The lowest BCUT2D eigenvalue weighted by Crippen LogP contribution is -2.28. The maximum atomic E-state index is 11.9. The molecule has 2 N–H and O–H groups in total. The van der Waals surface area contributed by atoms with Gasteiger partial charge in [-0.25, -0.2) is 0 Å². The van der Waals surface area contributed by atoms with Gasteiger partial charge in [0.25, 0.3) is 5.91 Å². The molecule has 0 aliphatic carbocycles. The summed E-state index contributed by atoms with van der Waals surface area (Å²) in [6.07, 6.45) is -0.639. The Kier molecular flexibility index (Phi) is 4.16. The zero-order valence-corrected chi connectivity index (χ0v) is 11.9. The second-order valence-corrected chi connectivity index (χ2v) is 6.35. The number of aliphatic hydroxyl groups is 1. The van der Waals surface area contributed by atoms with Crippen LogP contribution in [0.15, 0.2) is 22.9 Å². The van der Waals surface area contributed by atoms with Crippen molar-refractivity contribution in [1.82, 2.24) is 5.32 Å². The van der Waals surface area contributed by atoms with Gasteiger partial charge in [0.1, 0.15) is 0 Å². The molecular weight excluding hydrogens is 266 g/mol. The summed E-state index contributed by atoms with van der Waals surface area (Å²) in [5.41, 5.74) is 1.55. The third-order valence-corrected chi connectivity index (χ3v) is 4.34. The van der Waals surface area contributed by atoms with E-state index in [4.69, 9.17) is 0 Å². The van der Waals surface area contributed by atoms with Gasteiger partial charge >= 0.3 is 0 Å². The molecule has 1 atom stereocenters. The summed E-state index contributed by atoms with van der Waals surface area (Å²) in [5, 5.41) is 16.4. The first-order valence-corrected chi connectivity index (χ1v) is 7.39. The van der Waals surface area contributed by atoms with Crippen LogP contribution in [0, 0.1) is 13.8 Å². The Hall–Kier alpha value is -1.17. The number of carbonyl (C=O) groups excluding carboxylic acids is 1. The van der Waals surface area contributed by atoms with Crippen LogP contribution in [0.4, 0.5) is 0 Å². The van der Waals surface area contributed by atoms with E-state index in [1.54, 1.807) is 11.3 Å². The average Bonchev–Trinajstić information content (AvgIpc) is 2.95. The maximum Gasteiger partial charge on any atom is 0.252 e. The lowest BCUT2D eigenvalue weighted by molar-refractivity contribution is 0.0916. The van der Waals surface area contributed by atoms with E-state index in [1.807, 2.05) is 36.7 Å². The van der Waals surface area contributed by atoms with Gasteiger partial charge in [-0.3, -0.25) is 4.79 Å². The molecule has 2 aromatic heterocycles. The van der Waals surface area contributed by atoms with Gasteiger partial charge in [-0.1, -0.05) is 0 Å². The second kappa shape index (κ2) is 5.65. The fourth-order valence-electron chi connectivity index (χ4n) is 1.72. The van der Waals surface area contributed by atoms with E-state index >= 15 is 0 Å². The van der Waals surface area contributed by atoms with Crippen molar-refractivity contribution >= 4 is 28.6 Å². The SMILES string of the molecule is Cc1cc(C(=O)NCC(O)c2ccsc2)c(C)s1. The van der Waals surface area contributed by atoms with Crippen molar-refractivity contribution in [2.45, 2.75) is 20.0 Å². The van der Waals surface area contributed by atoms with E-state index in [1.165, 1.54) is 11.3 Å². The van der Waals surface area contributed by atoms with Gasteiger partial charge in [-0.15, -0.1) is 11.3 Å². The Bertz CT molecular complexity index is 531. The first-order chi connectivity index (χ1) is 8.58. The van der Waals surface area contributed by atoms with Gasteiger partial charge in [0, 0.05) is 16.3 Å². The number of rotatable bonds is 4. The molecule has 0 bridgehead atoms. The Morgan fingerprint density at radius 1 is 1.50 bits per heavy atom. The van der Waals surface area contributed by atoms with E-state index in [0.29, 0.717) is 5.56 Å². The monoisotopic (exact) mass is 281 g/mol. The van der Waals surface area contributed by atoms with Crippen molar-refractivity contribution < 1.29 is 9.90 Å². The standard InChI is InChI=1S/C13H15NO2S2/c1-8-5-11(9(2)18-8)13(16)14-6-12(15)10-3-4-17-7-10/h3-5,7,12,15H,6H2,1-2H3,(H,14,16). The predicted octanol–water partition coefficient (Wildman–Crippen LogP) is 2.89. The largest absolute Gasteiger partial charge is 0.387 e. The van der Waals surface area contributed by atoms with E-state index in [2.05, 4.69) is 5.32 Å². The highest BCUT2D eigenvalue weighted by Gasteiger charge is 2.14. The minimum atomic E-state index is -0.639. The normalized spacial score (nSPS) is 12.4. The van der Waals surface area contributed by atoms with Crippen LogP contribution in [0.1, 0.15) is 31.8 Å². The molecular formula is C13H15NO2S2. The Morgan fingerprint density at radius 3 is 2.83 bits per heavy atom. The van der Waals surface area contributed by atoms with Crippen molar-refractivity contribution in [3.05, 3.63) is 43.8 Å². The van der Waals surface area contributed by atoms with Gasteiger partial charge in [0.2, 0.25) is 0 Å². The average molecular weight is 281 g/mol. The lowest BCUT2D eigenvalue weighted by Gasteiger charge is -2.10. The number of aliphatic hydroxyl groups excluding tert-OH is 1. The van der Waals surface area contributed by atoms with Crippen LogP contribution in [0.5, 0.6) is 0 Å². The summed E-state index contributed by atoms with van der Waals surface area (Å²) in [6.45, 7) is 4.15. The lowest BCUT2D eigenvalue weighted by atomic mass is 10.2. The molecule has 0 saturated carbocycles. The molecule has 0 spiro atoms. The van der Waals surface area contributed by atoms with Gasteiger partial charge < -0.3 is 10.4 Å². The third kappa shape index (κ3) is 2.98. The summed E-state index contributed by atoms with van der Waals surface area (Å²) in [5.74, 6) is -0.119. The number of thiophene rings is 2. The zero-order valence-electron chi connectivity index (χ0n) is 10.3. The van der Waals surface area contributed by atoms with E-state index < -0.39 is 6.10 Å². The first-order valence-electron chi connectivity index (χ1n) is 5.63. The van der Waals surface area contributed by atoms with Crippen LogP contribution in [0.2, 0.25) is 0 Å². The predicted molar refractivity (Wildman–Crippen MR) is 75.4 cm³/mol. The van der Waals surface area contributed by atoms with Gasteiger partial charge in [-0.05, 0) is 42.3 Å². The minimum Gasteiger partial charge on any atom is -0.387 e. The quantitative estimate of drug-likeness (QED) is 0.905. The van der Waals surface area contributed by atoms with Crippen LogP contribution in [0.3, 0.4) is 0 Å². The second-order valence-electron chi connectivity index (χ2n) is 4.11. The van der Waals surface area contributed by atoms with E-state index in [9.17, 15) is 9.90 Å². The van der Waals surface area contributed by atoms with Crippen LogP contribution < -0.4 is 5.32 Å².